The van der Waals surface area contributed by atoms with E-state index in [1.54, 1.807) is 0 Å². The summed E-state index contributed by atoms with van der Waals surface area (Å²) in [7, 11) is 1.49. The lowest BCUT2D eigenvalue weighted by molar-refractivity contribution is -0.120. The van der Waals surface area contributed by atoms with Gasteiger partial charge in [0.15, 0.2) is 0 Å². The van der Waals surface area contributed by atoms with E-state index in [1.807, 2.05) is 0 Å². The fraction of sp³-hybridized carbons (Fsp3) is 0.500. The van der Waals surface area contributed by atoms with E-state index in [0.717, 1.165) is 19.5 Å². The van der Waals surface area contributed by atoms with Crippen LogP contribution >= 0.6 is 0 Å². The quantitative estimate of drug-likeness (QED) is 0.808. The standard InChI is InChI=1S/C16H25N3O2/c1-4-10-19(11-9-15(20)18-16(21)17-3)12-14-7-5-13(2)6-8-14/h5-8H,4,9-12H2,1-3H3,(H2,17,18,20,21). The van der Waals surface area contributed by atoms with Crippen LogP contribution in [0, 0.1) is 6.92 Å². The Morgan fingerprint density at radius 3 is 2.38 bits per heavy atom. The Hall–Kier alpha value is -1.88. The number of nitrogens with one attached hydrogen (secondary N) is 2. The van der Waals surface area contributed by atoms with E-state index in [2.05, 4.69) is 53.6 Å². The Balaban J connectivity index is 2.47. The number of rotatable bonds is 7. The van der Waals surface area contributed by atoms with Crippen LogP contribution in [-0.2, 0) is 11.3 Å². The minimum Gasteiger partial charge on any atom is -0.341 e. The van der Waals surface area contributed by atoms with Gasteiger partial charge in [-0.25, -0.2) is 4.79 Å². The van der Waals surface area contributed by atoms with Gasteiger partial charge < -0.3 is 5.32 Å². The van der Waals surface area contributed by atoms with Crippen LogP contribution in [0.5, 0.6) is 0 Å². The van der Waals surface area contributed by atoms with Gasteiger partial charge >= 0.3 is 6.03 Å². The minimum atomic E-state index is -0.458. The molecule has 5 heteroatoms. The molecule has 0 saturated heterocycles. The van der Waals surface area contributed by atoms with Gasteiger partial charge in [0.1, 0.15) is 0 Å². The minimum absolute atomic E-state index is 0.251. The number of hydrogen-bond donors (Lipinski definition) is 2. The fourth-order valence-corrected chi connectivity index (χ4v) is 2.05. The molecule has 0 saturated carbocycles. The smallest absolute Gasteiger partial charge is 0.321 e. The van der Waals surface area contributed by atoms with Crippen molar-refractivity contribution >= 4 is 11.9 Å². The van der Waals surface area contributed by atoms with Gasteiger partial charge in [-0.1, -0.05) is 36.8 Å². The van der Waals surface area contributed by atoms with Crippen molar-refractivity contribution in [3.05, 3.63) is 35.4 Å². The van der Waals surface area contributed by atoms with Crippen molar-refractivity contribution in [3.63, 3.8) is 0 Å². The van der Waals surface area contributed by atoms with Crippen LogP contribution in [0.25, 0.3) is 0 Å². The molecular weight excluding hydrogens is 266 g/mol. The lowest BCUT2D eigenvalue weighted by Crippen LogP contribution is -2.39. The second kappa shape index (κ2) is 9.13. The normalized spacial score (nSPS) is 10.5. The SMILES string of the molecule is CCCN(CCC(=O)NC(=O)NC)Cc1ccc(C)cc1. The van der Waals surface area contributed by atoms with Gasteiger partial charge in [-0.2, -0.15) is 0 Å². The monoisotopic (exact) mass is 291 g/mol. The average molecular weight is 291 g/mol. The summed E-state index contributed by atoms with van der Waals surface area (Å²) in [4.78, 5) is 24.9. The molecule has 0 heterocycles. The van der Waals surface area contributed by atoms with Crippen molar-refractivity contribution in [2.24, 2.45) is 0 Å². The number of carbonyl (C=O) groups is 2. The maximum atomic E-state index is 11.6. The molecule has 0 aliphatic rings. The first-order valence-corrected chi connectivity index (χ1v) is 7.34. The number of carbonyl (C=O) groups excluding carboxylic acids is 2. The molecule has 0 aliphatic heterocycles. The number of imide groups is 1. The summed E-state index contributed by atoms with van der Waals surface area (Å²) in [6.07, 6.45) is 1.35. The second-order valence-electron chi connectivity index (χ2n) is 5.14. The van der Waals surface area contributed by atoms with E-state index in [0.29, 0.717) is 13.0 Å². The maximum absolute atomic E-state index is 11.6. The van der Waals surface area contributed by atoms with Crippen LogP contribution in [0.3, 0.4) is 0 Å². The summed E-state index contributed by atoms with van der Waals surface area (Å²) in [5.74, 6) is -0.251. The van der Waals surface area contributed by atoms with Crippen LogP contribution in [0.1, 0.15) is 30.9 Å². The highest BCUT2D eigenvalue weighted by atomic mass is 16.2. The van der Waals surface area contributed by atoms with E-state index < -0.39 is 6.03 Å². The van der Waals surface area contributed by atoms with Crippen molar-refractivity contribution in [2.45, 2.75) is 33.2 Å². The first kappa shape index (κ1) is 17.2. The zero-order valence-electron chi connectivity index (χ0n) is 13.1. The van der Waals surface area contributed by atoms with Crippen molar-refractivity contribution in [1.29, 1.82) is 0 Å². The van der Waals surface area contributed by atoms with Crippen LogP contribution < -0.4 is 10.6 Å². The van der Waals surface area contributed by atoms with E-state index >= 15 is 0 Å². The van der Waals surface area contributed by atoms with Gasteiger partial charge in [0.05, 0.1) is 0 Å². The molecule has 0 unspecified atom stereocenters. The van der Waals surface area contributed by atoms with Crippen LogP contribution in [-0.4, -0.2) is 37.0 Å². The third-order valence-corrected chi connectivity index (χ3v) is 3.20. The van der Waals surface area contributed by atoms with Gasteiger partial charge in [0, 0.05) is 26.6 Å². The Morgan fingerprint density at radius 1 is 1.14 bits per heavy atom. The molecule has 1 aromatic carbocycles. The van der Waals surface area contributed by atoms with Crippen molar-refractivity contribution in [1.82, 2.24) is 15.5 Å². The molecule has 1 aromatic rings. The molecule has 5 nitrogen and oxygen atoms in total. The van der Waals surface area contributed by atoms with Crippen molar-refractivity contribution < 1.29 is 9.59 Å². The van der Waals surface area contributed by atoms with Gasteiger partial charge in [0.25, 0.3) is 0 Å². The lowest BCUT2D eigenvalue weighted by atomic mass is 10.1. The van der Waals surface area contributed by atoms with Crippen LogP contribution in [0.2, 0.25) is 0 Å². The number of benzene rings is 1. The number of urea groups is 1. The highest BCUT2D eigenvalue weighted by Gasteiger charge is 2.10. The topological polar surface area (TPSA) is 61.4 Å². The number of amides is 3. The molecule has 3 amide bonds. The molecule has 2 N–H and O–H groups in total. The summed E-state index contributed by atoms with van der Waals surface area (Å²) in [5.41, 5.74) is 2.48. The predicted octanol–water partition coefficient (Wildman–Crippen LogP) is 2.05. The average Bonchev–Trinajstić information content (AvgIpc) is 2.47. The number of aryl methyl sites for hydroxylation is 1. The molecule has 0 aromatic heterocycles. The zero-order chi connectivity index (χ0) is 15.7. The van der Waals surface area contributed by atoms with Crippen LogP contribution in [0.4, 0.5) is 4.79 Å². The predicted molar refractivity (Wildman–Crippen MR) is 84.0 cm³/mol. The largest absolute Gasteiger partial charge is 0.341 e. The molecule has 0 bridgehead atoms. The second-order valence-corrected chi connectivity index (χ2v) is 5.14. The highest BCUT2D eigenvalue weighted by molar-refractivity contribution is 5.94. The van der Waals surface area contributed by atoms with E-state index in [1.165, 1.54) is 18.2 Å². The Kier molecular flexibility index (Phi) is 7.46. The summed E-state index contributed by atoms with van der Waals surface area (Å²) in [6.45, 7) is 6.58. The summed E-state index contributed by atoms with van der Waals surface area (Å²) >= 11 is 0. The summed E-state index contributed by atoms with van der Waals surface area (Å²) in [5, 5.41) is 4.65. The Morgan fingerprint density at radius 2 is 1.81 bits per heavy atom. The molecule has 0 aliphatic carbocycles. The van der Waals surface area contributed by atoms with Crippen LogP contribution in [0.15, 0.2) is 24.3 Å². The molecule has 0 atom stereocenters. The van der Waals surface area contributed by atoms with Crippen molar-refractivity contribution in [2.75, 3.05) is 20.1 Å². The van der Waals surface area contributed by atoms with E-state index in [9.17, 15) is 9.59 Å². The Bertz CT molecular complexity index is 457. The fourth-order valence-electron chi connectivity index (χ4n) is 2.05. The number of hydrogen-bond acceptors (Lipinski definition) is 3. The Labute approximate surface area is 126 Å². The van der Waals surface area contributed by atoms with Gasteiger partial charge in [-0.15, -0.1) is 0 Å². The molecule has 116 valence electrons. The summed E-state index contributed by atoms with van der Waals surface area (Å²) < 4.78 is 0. The van der Waals surface area contributed by atoms with Gasteiger partial charge in [0.2, 0.25) is 5.91 Å². The molecule has 0 radical (unpaired) electrons. The van der Waals surface area contributed by atoms with Gasteiger partial charge in [-0.3, -0.25) is 15.0 Å². The molecular formula is C16H25N3O2. The lowest BCUT2D eigenvalue weighted by Gasteiger charge is -2.21. The van der Waals surface area contributed by atoms with Gasteiger partial charge in [-0.05, 0) is 25.5 Å². The third-order valence-electron chi connectivity index (χ3n) is 3.20. The zero-order valence-corrected chi connectivity index (χ0v) is 13.1. The third kappa shape index (κ3) is 6.90. The summed E-state index contributed by atoms with van der Waals surface area (Å²) in [6, 6.07) is 7.96. The van der Waals surface area contributed by atoms with E-state index in [-0.39, 0.29) is 5.91 Å². The molecule has 21 heavy (non-hydrogen) atoms. The highest BCUT2D eigenvalue weighted by Crippen LogP contribution is 2.08. The molecule has 0 spiro atoms. The first-order chi connectivity index (χ1) is 10.0. The molecule has 0 fully saturated rings. The maximum Gasteiger partial charge on any atom is 0.321 e. The first-order valence-electron chi connectivity index (χ1n) is 7.34. The number of nitrogens with zero attached hydrogens (tertiary/aromatic N) is 1. The van der Waals surface area contributed by atoms with Crippen molar-refractivity contribution in [3.8, 4) is 0 Å². The van der Waals surface area contributed by atoms with E-state index in [4.69, 9.17) is 0 Å². The molecule has 1 rings (SSSR count).